The van der Waals surface area contributed by atoms with E-state index in [2.05, 4.69) is 5.32 Å². The van der Waals surface area contributed by atoms with Crippen molar-refractivity contribution in [2.24, 2.45) is 5.92 Å². The molecule has 1 saturated heterocycles. The molecule has 39 heavy (non-hydrogen) atoms. The topological polar surface area (TPSA) is 94.2 Å². The van der Waals surface area contributed by atoms with Crippen LogP contribution >= 0.6 is 11.6 Å². The molecule has 0 aliphatic carbocycles. The number of hydrogen-bond donors (Lipinski definition) is 1. The second-order valence-corrected chi connectivity index (χ2v) is 8.93. The van der Waals surface area contributed by atoms with E-state index in [1.807, 2.05) is 0 Å². The molecule has 1 fully saturated rings. The van der Waals surface area contributed by atoms with E-state index in [4.69, 9.17) is 25.8 Å². The summed E-state index contributed by atoms with van der Waals surface area (Å²) < 4.78 is 54.6. The molecule has 3 aromatic rings. The highest BCUT2D eigenvalue weighted by molar-refractivity contribution is 6.33. The lowest BCUT2D eigenvalue weighted by Gasteiger charge is -2.17. The van der Waals surface area contributed by atoms with E-state index in [1.165, 1.54) is 4.90 Å². The van der Waals surface area contributed by atoms with Gasteiger partial charge in [-0.05, 0) is 66.7 Å². The van der Waals surface area contributed by atoms with Crippen LogP contribution in [0.1, 0.15) is 12.0 Å². The third kappa shape index (κ3) is 6.99. The van der Waals surface area contributed by atoms with Crippen molar-refractivity contribution in [1.29, 1.82) is 0 Å². The quantitative estimate of drug-likeness (QED) is 0.354. The monoisotopic (exact) mass is 562 g/mol. The SMILES string of the molecule is COc1ccc(Oc2ccc(N3C[C@H](C(=O)OCC(=O)Nc4cc(C(F)(F)F)ccc4Cl)CC3=O)cc2)cc1. The molecule has 1 atom stereocenters. The number of hydrogen-bond acceptors (Lipinski definition) is 6. The zero-order chi connectivity index (χ0) is 28.2. The first-order valence-electron chi connectivity index (χ1n) is 11.6. The van der Waals surface area contributed by atoms with Crippen LogP contribution in [0, 0.1) is 5.92 Å². The highest BCUT2D eigenvalue weighted by Crippen LogP contribution is 2.34. The highest BCUT2D eigenvalue weighted by Gasteiger charge is 2.36. The Morgan fingerprint density at radius 1 is 1.00 bits per heavy atom. The van der Waals surface area contributed by atoms with Crippen LogP contribution in [-0.4, -0.2) is 38.0 Å². The fourth-order valence-electron chi connectivity index (χ4n) is 3.83. The average molecular weight is 563 g/mol. The predicted molar refractivity (Wildman–Crippen MR) is 136 cm³/mol. The minimum atomic E-state index is -4.62. The number of halogens is 4. The van der Waals surface area contributed by atoms with Crippen LogP contribution in [-0.2, 0) is 25.3 Å². The van der Waals surface area contributed by atoms with Crippen LogP contribution < -0.4 is 19.7 Å². The first-order chi connectivity index (χ1) is 18.5. The summed E-state index contributed by atoms with van der Waals surface area (Å²) in [5.41, 5.74) is -0.715. The summed E-state index contributed by atoms with van der Waals surface area (Å²) in [6, 6.07) is 16.2. The molecule has 1 N–H and O–H groups in total. The van der Waals surface area contributed by atoms with E-state index in [9.17, 15) is 27.6 Å². The van der Waals surface area contributed by atoms with Crippen molar-refractivity contribution in [3.63, 3.8) is 0 Å². The van der Waals surface area contributed by atoms with Crippen molar-refractivity contribution in [3.8, 4) is 17.2 Å². The Balaban J connectivity index is 1.30. The Kier molecular flexibility index (Phi) is 8.29. The van der Waals surface area contributed by atoms with Crippen LogP contribution in [0.25, 0.3) is 0 Å². The number of carbonyl (C=O) groups is 3. The van der Waals surface area contributed by atoms with E-state index in [0.29, 0.717) is 29.0 Å². The molecule has 0 aromatic heterocycles. The number of rotatable bonds is 8. The Bertz CT molecular complexity index is 1360. The maximum absolute atomic E-state index is 12.9. The Morgan fingerprint density at radius 3 is 2.23 bits per heavy atom. The summed E-state index contributed by atoms with van der Waals surface area (Å²) in [4.78, 5) is 38.6. The second kappa shape index (κ2) is 11.6. The smallest absolute Gasteiger partial charge is 0.416 e. The molecule has 204 valence electrons. The molecule has 0 spiro atoms. The van der Waals surface area contributed by atoms with Crippen LogP contribution in [0.5, 0.6) is 17.2 Å². The molecule has 4 rings (SSSR count). The molecule has 1 heterocycles. The molecule has 3 aromatic carbocycles. The van der Waals surface area contributed by atoms with Gasteiger partial charge in [-0.2, -0.15) is 13.2 Å². The standard InChI is InChI=1S/C27H22ClF3N2O6/c1-37-19-7-9-21(10-8-19)39-20-5-3-18(4-6-20)33-14-16(12-25(33)35)26(36)38-15-24(34)32-23-13-17(27(29,30)31)2-11-22(23)28/h2-11,13,16H,12,14-15H2,1H3,(H,32,34)/t16-/m1/s1. The summed E-state index contributed by atoms with van der Waals surface area (Å²) >= 11 is 5.86. The summed E-state index contributed by atoms with van der Waals surface area (Å²) in [6.45, 7) is -0.717. The third-order valence-corrected chi connectivity index (χ3v) is 6.14. The number of anilines is 2. The predicted octanol–water partition coefficient (Wildman–Crippen LogP) is 5.69. The first kappa shape index (κ1) is 27.8. The summed E-state index contributed by atoms with van der Waals surface area (Å²) in [5.74, 6) is -0.951. The zero-order valence-corrected chi connectivity index (χ0v) is 21.2. The molecular weight excluding hydrogens is 541 g/mol. The molecule has 0 unspecified atom stereocenters. The van der Waals surface area contributed by atoms with Crippen LogP contribution in [0.2, 0.25) is 5.02 Å². The third-order valence-electron chi connectivity index (χ3n) is 5.82. The van der Waals surface area contributed by atoms with Crippen molar-refractivity contribution in [3.05, 3.63) is 77.3 Å². The van der Waals surface area contributed by atoms with Gasteiger partial charge in [-0.15, -0.1) is 0 Å². The van der Waals surface area contributed by atoms with E-state index < -0.39 is 36.1 Å². The first-order valence-corrected chi connectivity index (χ1v) is 12.0. The second-order valence-electron chi connectivity index (χ2n) is 8.53. The molecule has 1 aliphatic rings. The van der Waals surface area contributed by atoms with E-state index in [0.717, 1.165) is 12.1 Å². The van der Waals surface area contributed by atoms with Gasteiger partial charge in [0.15, 0.2) is 6.61 Å². The lowest BCUT2D eigenvalue weighted by molar-refractivity contribution is -0.151. The van der Waals surface area contributed by atoms with Gasteiger partial charge in [0, 0.05) is 18.7 Å². The summed E-state index contributed by atoms with van der Waals surface area (Å²) in [6.07, 6.45) is -4.74. The van der Waals surface area contributed by atoms with Gasteiger partial charge in [0.05, 0.1) is 29.3 Å². The normalized spacial score (nSPS) is 15.2. The van der Waals surface area contributed by atoms with E-state index >= 15 is 0 Å². The van der Waals surface area contributed by atoms with Crippen molar-refractivity contribution in [2.75, 3.05) is 30.5 Å². The number of alkyl halides is 3. The van der Waals surface area contributed by atoms with Crippen molar-refractivity contribution in [1.82, 2.24) is 0 Å². The molecule has 1 aliphatic heterocycles. The number of methoxy groups -OCH3 is 1. The van der Waals surface area contributed by atoms with Crippen molar-refractivity contribution in [2.45, 2.75) is 12.6 Å². The van der Waals surface area contributed by atoms with Crippen LogP contribution in [0.15, 0.2) is 66.7 Å². The van der Waals surface area contributed by atoms with Gasteiger partial charge in [0.2, 0.25) is 5.91 Å². The van der Waals surface area contributed by atoms with Crippen molar-refractivity contribution < 1.29 is 41.8 Å². The van der Waals surface area contributed by atoms with Gasteiger partial charge in [-0.1, -0.05) is 11.6 Å². The Hall–Kier alpha value is -4.25. The van der Waals surface area contributed by atoms with Crippen LogP contribution in [0.4, 0.5) is 24.5 Å². The average Bonchev–Trinajstić information content (AvgIpc) is 3.30. The minimum absolute atomic E-state index is 0.0391. The largest absolute Gasteiger partial charge is 0.497 e. The van der Waals surface area contributed by atoms with E-state index in [-0.39, 0.29) is 29.6 Å². The minimum Gasteiger partial charge on any atom is -0.497 e. The van der Waals surface area contributed by atoms with Gasteiger partial charge in [-0.3, -0.25) is 14.4 Å². The maximum atomic E-state index is 12.9. The number of benzene rings is 3. The number of amides is 2. The van der Waals surface area contributed by atoms with Gasteiger partial charge in [-0.25, -0.2) is 0 Å². The Morgan fingerprint density at radius 2 is 1.62 bits per heavy atom. The van der Waals surface area contributed by atoms with E-state index in [1.54, 1.807) is 55.6 Å². The van der Waals surface area contributed by atoms with Gasteiger partial charge in [0.25, 0.3) is 5.91 Å². The zero-order valence-electron chi connectivity index (χ0n) is 20.5. The van der Waals surface area contributed by atoms with Crippen LogP contribution in [0.3, 0.4) is 0 Å². The lowest BCUT2D eigenvalue weighted by atomic mass is 10.1. The number of nitrogens with one attached hydrogen (secondary N) is 1. The Labute approximate surface area is 226 Å². The number of esters is 1. The molecular formula is C27H22ClF3N2O6. The number of ether oxygens (including phenoxy) is 3. The fourth-order valence-corrected chi connectivity index (χ4v) is 3.99. The maximum Gasteiger partial charge on any atom is 0.416 e. The highest BCUT2D eigenvalue weighted by atomic mass is 35.5. The molecule has 12 heteroatoms. The van der Waals surface area contributed by atoms with Crippen molar-refractivity contribution >= 4 is 40.8 Å². The van der Waals surface area contributed by atoms with Gasteiger partial charge >= 0.3 is 12.1 Å². The number of nitrogens with zero attached hydrogens (tertiary/aromatic N) is 1. The fraction of sp³-hybridized carbons (Fsp3) is 0.222. The van der Waals surface area contributed by atoms with Gasteiger partial charge in [0.1, 0.15) is 17.2 Å². The number of carbonyl (C=O) groups excluding carboxylic acids is 3. The van der Waals surface area contributed by atoms with Gasteiger partial charge < -0.3 is 24.4 Å². The summed E-state index contributed by atoms with van der Waals surface area (Å²) in [5, 5.41) is 2.09. The molecule has 0 radical (unpaired) electrons. The lowest BCUT2D eigenvalue weighted by Crippen LogP contribution is -2.28. The molecule has 0 saturated carbocycles. The summed E-state index contributed by atoms with van der Waals surface area (Å²) in [7, 11) is 1.57. The molecule has 2 amide bonds. The molecule has 0 bridgehead atoms. The molecule has 8 nitrogen and oxygen atoms in total.